The molecule has 1 atom stereocenters. The molecule has 1 aliphatic heterocycles. The summed E-state index contributed by atoms with van der Waals surface area (Å²) >= 11 is 0. The van der Waals surface area contributed by atoms with Gasteiger partial charge in [-0.15, -0.1) is 0 Å². The highest BCUT2D eigenvalue weighted by molar-refractivity contribution is 5.74. The van der Waals surface area contributed by atoms with Gasteiger partial charge in [0.05, 0.1) is 12.3 Å². The fourth-order valence-corrected chi connectivity index (χ4v) is 3.03. The minimum Gasteiger partial charge on any atom is -0.508 e. The van der Waals surface area contributed by atoms with E-state index in [1.165, 1.54) is 0 Å². The Morgan fingerprint density at radius 1 is 1.23 bits per heavy atom. The van der Waals surface area contributed by atoms with E-state index in [-0.39, 0.29) is 11.7 Å². The molecule has 0 radical (unpaired) electrons. The predicted molar refractivity (Wildman–Crippen MR) is 83.3 cm³/mol. The molecule has 22 heavy (non-hydrogen) atoms. The third-order valence-corrected chi connectivity index (χ3v) is 4.06. The highest BCUT2D eigenvalue weighted by Gasteiger charge is 2.24. The first kappa shape index (κ1) is 13.3. The van der Waals surface area contributed by atoms with Crippen molar-refractivity contribution in [1.29, 1.82) is 0 Å². The van der Waals surface area contributed by atoms with Crippen LogP contribution >= 0.6 is 0 Å². The Morgan fingerprint density at radius 3 is 3.00 bits per heavy atom. The van der Waals surface area contributed by atoms with Gasteiger partial charge >= 0.3 is 0 Å². The summed E-state index contributed by atoms with van der Waals surface area (Å²) in [6, 6.07) is 11.1. The van der Waals surface area contributed by atoms with Gasteiger partial charge in [-0.2, -0.15) is 0 Å². The molecule has 112 valence electrons. The molecule has 5 heteroatoms. The molecule has 1 fully saturated rings. The van der Waals surface area contributed by atoms with Gasteiger partial charge in [0, 0.05) is 24.8 Å². The summed E-state index contributed by atoms with van der Waals surface area (Å²) in [6.45, 7) is 1.50. The van der Waals surface area contributed by atoms with Crippen molar-refractivity contribution in [3.63, 3.8) is 0 Å². The van der Waals surface area contributed by atoms with Crippen molar-refractivity contribution in [2.45, 2.75) is 18.8 Å². The van der Waals surface area contributed by atoms with Crippen LogP contribution in [0.3, 0.4) is 0 Å². The monoisotopic (exact) mass is 295 g/mol. The van der Waals surface area contributed by atoms with Gasteiger partial charge in [0.25, 0.3) is 0 Å². The molecule has 1 aromatic carbocycles. The Morgan fingerprint density at radius 2 is 2.18 bits per heavy atom. The number of nitrogens with zero attached hydrogens (tertiary/aromatic N) is 3. The van der Waals surface area contributed by atoms with Gasteiger partial charge in [-0.3, -0.25) is 4.57 Å². The summed E-state index contributed by atoms with van der Waals surface area (Å²) in [6.07, 6.45) is 3.87. The number of aromatic nitrogens is 3. The van der Waals surface area contributed by atoms with E-state index in [1.54, 1.807) is 18.3 Å². The van der Waals surface area contributed by atoms with Crippen molar-refractivity contribution in [3.8, 4) is 11.4 Å². The van der Waals surface area contributed by atoms with E-state index in [9.17, 15) is 5.11 Å². The standard InChI is InChI=1S/C17H17N3O2/c21-14-6-1-5-13(10-14)20-16(12-4-3-9-22-11-12)19-15-7-2-8-18-17(15)20/h1-2,5-8,10,12,21H,3-4,9,11H2. The maximum absolute atomic E-state index is 9.81. The fourth-order valence-electron chi connectivity index (χ4n) is 3.03. The van der Waals surface area contributed by atoms with Crippen molar-refractivity contribution in [2.75, 3.05) is 13.2 Å². The largest absolute Gasteiger partial charge is 0.508 e. The first-order valence-electron chi connectivity index (χ1n) is 7.53. The van der Waals surface area contributed by atoms with Crippen LogP contribution in [-0.2, 0) is 4.74 Å². The summed E-state index contributed by atoms with van der Waals surface area (Å²) in [7, 11) is 0. The number of pyridine rings is 1. The van der Waals surface area contributed by atoms with Crippen molar-refractivity contribution in [3.05, 3.63) is 48.4 Å². The zero-order valence-corrected chi connectivity index (χ0v) is 12.1. The van der Waals surface area contributed by atoms with Crippen LogP contribution in [0.25, 0.3) is 16.9 Å². The lowest BCUT2D eigenvalue weighted by Crippen LogP contribution is -2.19. The summed E-state index contributed by atoms with van der Waals surface area (Å²) in [5.41, 5.74) is 2.56. The molecule has 1 aliphatic rings. The van der Waals surface area contributed by atoms with Crippen molar-refractivity contribution in [1.82, 2.24) is 14.5 Å². The Labute approximate surface area is 128 Å². The number of phenolic OH excluding ortho intramolecular Hbond substituents is 1. The van der Waals surface area contributed by atoms with Crippen LogP contribution in [0.1, 0.15) is 24.6 Å². The Bertz CT molecular complexity index is 807. The van der Waals surface area contributed by atoms with Gasteiger partial charge in [0.15, 0.2) is 5.65 Å². The number of fused-ring (bicyclic) bond motifs is 1. The Kier molecular flexibility index (Phi) is 3.27. The number of rotatable bonds is 2. The highest BCUT2D eigenvalue weighted by atomic mass is 16.5. The molecule has 2 aromatic heterocycles. The van der Waals surface area contributed by atoms with Gasteiger partial charge < -0.3 is 9.84 Å². The average Bonchev–Trinajstić information content (AvgIpc) is 2.95. The second-order valence-corrected chi connectivity index (χ2v) is 5.59. The van der Waals surface area contributed by atoms with Gasteiger partial charge in [-0.05, 0) is 37.1 Å². The van der Waals surface area contributed by atoms with E-state index in [4.69, 9.17) is 9.72 Å². The third kappa shape index (κ3) is 2.23. The molecule has 0 spiro atoms. The molecule has 0 amide bonds. The zero-order chi connectivity index (χ0) is 14.9. The number of hydrogen-bond acceptors (Lipinski definition) is 4. The van der Waals surface area contributed by atoms with Crippen LogP contribution in [0.15, 0.2) is 42.6 Å². The van der Waals surface area contributed by atoms with E-state index in [0.29, 0.717) is 6.61 Å². The minimum absolute atomic E-state index is 0.237. The molecule has 4 rings (SSSR count). The van der Waals surface area contributed by atoms with E-state index in [0.717, 1.165) is 42.1 Å². The molecule has 0 saturated carbocycles. The first-order chi connectivity index (χ1) is 10.8. The van der Waals surface area contributed by atoms with Crippen LogP contribution < -0.4 is 0 Å². The lowest BCUT2D eigenvalue weighted by molar-refractivity contribution is 0.0778. The second-order valence-electron chi connectivity index (χ2n) is 5.59. The van der Waals surface area contributed by atoms with Crippen LogP contribution in [0.2, 0.25) is 0 Å². The maximum Gasteiger partial charge on any atom is 0.164 e. The maximum atomic E-state index is 9.81. The number of benzene rings is 1. The van der Waals surface area contributed by atoms with Gasteiger partial charge in [0.2, 0.25) is 0 Å². The molecule has 1 N–H and O–H groups in total. The minimum atomic E-state index is 0.237. The number of imidazole rings is 1. The van der Waals surface area contributed by atoms with Gasteiger partial charge in [0.1, 0.15) is 17.1 Å². The van der Waals surface area contributed by atoms with Crippen molar-refractivity contribution in [2.24, 2.45) is 0 Å². The molecule has 1 unspecified atom stereocenters. The Balaban J connectivity index is 1.93. The molecule has 5 nitrogen and oxygen atoms in total. The highest BCUT2D eigenvalue weighted by Crippen LogP contribution is 2.30. The number of hydrogen-bond donors (Lipinski definition) is 1. The number of phenols is 1. The summed E-state index contributed by atoms with van der Waals surface area (Å²) in [4.78, 5) is 9.26. The van der Waals surface area contributed by atoms with E-state index in [2.05, 4.69) is 4.98 Å². The second kappa shape index (κ2) is 5.42. The van der Waals surface area contributed by atoms with E-state index >= 15 is 0 Å². The molecule has 3 aromatic rings. The number of ether oxygens (including phenoxy) is 1. The Hall–Kier alpha value is -2.40. The smallest absolute Gasteiger partial charge is 0.164 e. The quantitative estimate of drug-likeness (QED) is 0.789. The SMILES string of the molecule is Oc1cccc(-n2c(C3CCCOC3)nc3cccnc32)c1. The molecular weight excluding hydrogens is 278 g/mol. The summed E-state index contributed by atoms with van der Waals surface area (Å²) in [5, 5.41) is 9.81. The third-order valence-electron chi connectivity index (χ3n) is 4.06. The number of aromatic hydroxyl groups is 1. The van der Waals surface area contributed by atoms with Gasteiger partial charge in [-0.25, -0.2) is 9.97 Å². The average molecular weight is 295 g/mol. The molecular formula is C17H17N3O2. The first-order valence-corrected chi connectivity index (χ1v) is 7.53. The topological polar surface area (TPSA) is 60.2 Å². The summed E-state index contributed by atoms with van der Waals surface area (Å²) < 4.78 is 7.66. The molecule has 0 bridgehead atoms. The van der Waals surface area contributed by atoms with Crippen LogP contribution in [0.4, 0.5) is 0 Å². The zero-order valence-electron chi connectivity index (χ0n) is 12.1. The fraction of sp³-hybridized carbons (Fsp3) is 0.294. The van der Waals surface area contributed by atoms with Crippen LogP contribution in [0, 0.1) is 0 Å². The van der Waals surface area contributed by atoms with Crippen LogP contribution in [0.5, 0.6) is 5.75 Å². The van der Waals surface area contributed by atoms with Crippen molar-refractivity contribution >= 4 is 11.2 Å². The lowest BCUT2D eigenvalue weighted by atomic mass is 10.0. The van der Waals surface area contributed by atoms with E-state index in [1.807, 2.05) is 28.8 Å². The molecule has 0 aliphatic carbocycles. The lowest BCUT2D eigenvalue weighted by Gasteiger charge is -2.22. The molecule has 1 saturated heterocycles. The van der Waals surface area contributed by atoms with Crippen molar-refractivity contribution < 1.29 is 9.84 Å². The van der Waals surface area contributed by atoms with Crippen LogP contribution in [-0.4, -0.2) is 32.9 Å². The predicted octanol–water partition coefficient (Wildman–Crippen LogP) is 3.02. The molecule has 3 heterocycles. The van der Waals surface area contributed by atoms with Gasteiger partial charge in [-0.1, -0.05) is 6.07 Å². The normalized spacial score (nSPS) is 18.6. The van der Waals surface area contributed by atoms with E-state index < -0.39 is 0 Å². The summed E-state index contributed by atoms with van der Waals surface area (Å²) in [5.74, 6) is 1.45.